The van der Waals surface area contributed by atoms with Crippen molar-refractivity contribution in [3.05, 3.63) is 35.9 Å². The molecule has 11 heavy (non-hydrogen) atoms. The molecule has 0 amide bonds. The zero-order chi connectivity index (χ0) is 7.94. The Hall–Kier alpha value is -0.262. The van der Waals surface area contributed by atoms with Crippen molar-refractivity contribution in [2.45, 2.75) is 10.4 Å². The van der Waals surface area contributed by atoms with E-state index in [4.69, 9.17) is 5.73 Å². The van der Waals surface area contributed by atoms with Crippen LogP contribution in [0, 0.1) is 0 Å². The first kappa shape index (κ1) is 8.83. The maximum atomic E-state index is 5.42. The molecule has 0 bridgehead atoms. The average molecular weight is 210 g/mol. The Morgan fingerprint density at radius 3 is 2.55 bits per heavy atom. The van der Waals surface area contributed by atoms with Gasteiger partial charge in [0, 0.05) is 0 Å². The van der Waals surface area contributed by atoms with Gasteiger partial charge in [-0.3, -0.25) is 0 Å². The van der Waals surface area contributed by atoms with Crippen LogP contribution in [0.15, 0.2) is 30.3 Å². The quantitative estimate of drug-likeness (QED) is 0.587. The minimum atomic E-state index is 0.452. The van der Waals surface area contributed by atoms with Crippen LogP contribution in [0.25, 0.3) is 0 Å². The fourth-order valence-corrected chi connectivity index (χ4v) is 2.58. The topological polar surface area (TPSA) is 26.0 Å². The summed E-state index contributed by atoms with van der Waals surface area (Å²) < 4.78 is 0. The van der Waals surface area contributed by atoms with Crippen LogP contribution in [0.1, 0.15) is 5.56 Å². The molecule has 0 aliphatic carbocycles. The van der Waals surface area contributed by atoms with Crippen LogP contribution in [-0.4, -0.2) is 22.3 Å². The van der Waals surface area contributed by atoms with Crippen LogP contribution < -0.4 is 5.73 Å². The molecular weight excluding hydrogens is 197 g/mol. The van der Waals surface area contributed by atoms with E-state index < -0.39 is 0 Å². The van der Waals surface area contributed by atoms with Gasteiger partial charge in [0.05, 0.1) is 0 Å². The molecule has 0 fully saturated rings. The summed E-state index contributed by atoms with van der Waals surface area (Å²) in [6.07, 6.45) is 0. The van der Waals surface area contributed by atoms with Gasteiger partial charge < -0.3 is 0 Å². The summed E-state index contributed by atoms with van der Waals surface area (Å²) in [6, 6.07) is 10.6. The van der Waals surface area contributed by atoms with E-state index in [9.17, 15) is 0 Å². The predicted molar refractivity (Wildman–Crippen MR) is 49.8 cm³/mol. The Balaban J connectivity index is 2.28. The van der Waals surface area contributed by atoms with Crippen LogP contribution in [0.2, 0.25) is 5.21 Å². The Kier molecular flexibility index (Phi) is 4.33. The van der Waals surface area contributed by atoms with Gasteiger partial charge in [-0.15, -0.1) is 0 Å². The molecule has 59 valence electrons. The first-order valence-corrected chi connectivity index (χ1v) is 6.46. The number of rotatable bonds is 4. The van der Waals surface area contributed by atoms with Gasteiger partial charge in [0.2, 0.25) is 0 Å². The van der Waals surface area contributed by atoms with Crippen molar-refractivity contribution in [2.75, 3.05) is 6.54 Å². The molecular formula is C9H13AsN. The van der Waals surface area contributed by atoms with Gasteiger partial charge in [-0.1, -0.05) is 0 Å². The van der Waals surface area contributed by atoms with E-state index in [2.05, 4.69) is 30.3 Å². The summed E-state index contributed by atoms with van der Waals surface area (Å²) in [4.78, 5) is 0. The molecule has 2 heteroatoms. The molecule has 1 aromatic rings. The molecule has 0 spiro atoms. The number of hydrogen-bond donors (Lipinski definition) is 1. The van der Waals surface area contributed by atoms with Crippen LogP contribution in [0.4, 0.5) is 0 Å². The third-order valence-electron chi connectivity index (χ3n) is 1.42. The zero-order valence-electron chi connectivity index (χ0n) is 6.53. The fourth-order valence-electron chi connectivity index (χ4n) is 0.883. The van der Waals surface area contributed by atoms with Crippen LogP contribution >= 0.6 is 0 Å². The second kappa shape index (κ2) is 5.40. The molecule has 0 saturated heterocycles. The van der Waals surface area contributed by atoms with E-state index in [0.717, 1.165) is 6.54 Å². The predicted octanol–water partition coefficient (Wildman–Crippen LogP) is 1.27. The molecule has 0 aliphatic rings. The number of nitrogens with two attached hydrogens (primary N) is 1. The van der Waals surface area contributed by atoms with Crippen molar-refractivity contribution in [3.63, 3.8) is 0 Å². The van der Waals surface area contributed by atoms with E-state index >= 15 is 0 Å². The molecule has 0 unspecified atom stereocenters. The summed E-state index contributed by atoms with van der Waals surface area (Å²) >= 11 is 0.452. The fraction of sp³-hybridized carbons (Fsp3) is 0.333. The molecule has 2 N–H and O–H groups in total. The van der Waals surface area contributed by atoms with Gasteiger partial charge in [0.15, 0.2) is 0 Å². The van der Waals surface area contributed by atoms with Crippen LogP contribution in [0.5, 0.6) is 0 Å². The Morgan fingerprint density at radius 2 is 1.91 bits per heavy atom. The molecule has 1 radical (unpaired) electrons. The molecule has 0 heterocycles. The molecule has 0 aliphatic heterocycles. The second-order valence-electron chi connectivity index (χ2n) is 2.38. The summed E-state index contributed by atoms with van der Waals surface area (Å²) in [5, 5.41) is 2.49. The first-order valence-electron chi connectivity index (χ1n) is 3.80. The van der Waals surface area contributed by atoms with Crippen LogP contribution in [0.3, 0.4) is 0 Å². The van der Waals surface area contributed by atoms with Gasteiger partial charge in [-0.05, 0) is 0 Å². The van der Waals surface area contributed by atoms with Crippen molar-refractivity contribution in [3.8, 4) is 0 Å². The SMILES string of the molecule is NCC[As]Cc1ccccc1. The maximum absolute atomic E-state index is 5.42. The standard InChI is InChI=1S/C9H13AsN/c11-7-6-10-8-9-4-2-1-3-5-9/h1-5H,6-8,11H2. The average Bonchev–Trinajstić information content (AvgIpc) is 2.07. The van der Waals surface area contributed by atoms with E-state index in [1.807, 2.05) is 0 Å². The summed E-state index contributed by atoms with van der Waals surface area (Å²) in [7, 11) is 0. The number of hydrogen-bond acceptors (Lipinski definition) is 1. The third kappa shape index (κ3) is 3.59. The van der Waals surface area contributed by atoms with Gasteiger partial charge in [0.1, 0.15) is 0 Å². The van der Waals surface area contributed by atoms with E-state index in [0.29, 0.717) is 15.8 Å². The van der Waals surface area contributed by atoms with Crippen molar-refractivity contribution in [1.29, 1.82) is 0 Å². The van der Waals surface area contributed by atoms with Crippen molar-refractivity contribution >= 4 is 15.8 Å². The molecule has 0 saturated carbocycles. The third-order valence-corrected chi connectivity index (χ3v) is 3.86. The Morgan fingerprint density at radius 1 is 1.18 bits per heavy atom. The van der Waals surface area contributed by atoms with Gasteiger partial charge in [-0.25, -0.2) is 0 Å². The van der Waals surface area contributed by atoms with Crippen LogP contribution in [-0.2, 0) is 5.21 Å². The van der Waals surface area contributed by atoms with E-state index in [1.165, 1.54) is 16.0 Å². The molecule has 1 aromatic carbocycles. The Bertz CT molecular complexity index is 186. The monoisotopic (exact) mass is 210 g/mol. The van der Waals surface area contributed by atoms with Gasteiger partial charge in [-0.2, -0.15) is 0 Å². The summed E-state index contributed by atoms with van der Waals surface area (Å²) in [6.45, 7) is 0.854. The Labute approximate surface area is 74.7 Å². The minimum absolute atomic E-state index is 0.452. The van der Waals surface area contributed by atoms with Crippen molar-refractivity contribution in [1.82, 2.24) is 0 Å². The zero-order valence-corrected chi connectivity index (χ0v) is 8.41. The van der Waals surface area contributed by atoms with Gasteiger partial charge >= 0.3 is 74.3 Å². The second-order valence-corrected chi connectivity index (χ2v) is 4.92. The van der Waals surface area contributed by atoms with Crippen molar-refractivity contribution < 1.29 is 0 Å². The molecule has 0 atom stereocenters. The van der Waals surface area contributed by atoms with E-state index in [1.54, 1.807) is 0 Å². The normalized spacial score (nSPS) is 11.0. The molecule has 1 rings (SSSR count). The molecule has 1 nitrogen and oxygen atoms in total. The first-order chi connectivity index (χ1) is 5.43. The molecule has 0 aromatic heterocycles. The van der Waals surface area contributed by atoms with E-state index in [-0.39, 0.29) is 0 Å². The van der Waals surface area contributed by atoms with Crippen molar-refractivity contribution in [2.24, 2.45) is 5.73 Å². The van der Waals surface area contributed by atoms with Gasteiger partial charge in [0.25, 0.3) is 0 Å². The summed E-state index contributed by atoms with van der Waals surface area (Å²) in [5.74, 6) is 0. The summed E-state index contributed by atoms with van der Waals surface area (Å²) in [5.41, 5.74) is 6.88. The number of benzene rings is 1.